The molecule has 12 rings (SSSR count). The summed E-state index contributed by atoms with van der Waals surface area (Å²) in [6.07, 6.45) is 2.29. The summed E-state index contributed by atoms with van der Waals surface area (Å²) >= 11 is 0. The number of fused-ring (bicyclic) bond motifs is 11. The van der Waals surface area contributed by atoms with E-state index in [4.69, 9.17) is 0 Å². The normalized spacial score (nSPS) is 15.4. The molecular formula is C64H53N. The van der Waals surface area contributed by atoms with Crippen molar-refractivity contribution >= 4 is 17.1 Å². The van der Waals surface area contributed by atoms with Gasteiger partial charge in [-0.3, -0.25) is 0 Å². The minimum atomic E-state index is -0.499. The molecular weight excluding hydrogens is 783 g/mol. The predicted octanol–water partition coefficient (Wildman–Crippen LogP) is 17.2. The van der Waals surface area contributed by atoms with Crippen molar-refractivity contribution < 1.29 is 0 Å². The molecule has 0 bridgehead atoms. The fourth-order valence-electron chi connectivity index (χ4n) is 12.1. The van der Waals surface area contributed by atoms with Gasteiger partial charge in [0.25, 0.3) is 0 Å². The van der Waals surface area contributed by atoms with Crippen LogP contribution in [0.15, 0.2) is 206 Å². The zero-order chi connectivity index (χ0) is 44.1. The largest absolute Gasteiger partial charge is 0.309 e. The zero-order valence-electron chi connectivity index (χ0n) is 38.0. The van der Waals surface area contributed by atoms with Crippen molar-refractivity contribution in [3.05, 3.63) is 245 Å². The number of aryl methyl sites for hydroxylation is 1. The molecule has 314 valence electrons. The molecule has 0 unspecified atom stereocenters. The third kappa shape index (κ3) is 5.84. The van der Waals surface area contributed by atoms with E-state index in [9.17, 15) is 0 Å². The van der Waals surface area contributed by atoms with Gasteiger partial charge in [-0.2, -0.15) is 0 Å². The monoisotopic (exact) mass is 835 g/mol. The summed E-state index contributed by atoms with van der Waals surface area (Å²) in [4.78, 5) is 2.59. The van der Waals surface area contributed by atoms with Crippen LogP contribution in [0, 0.1) is 6.92 Å². The Kier molecular flexibility index (Phi) is 8.88. The molecule has 3 aliphatic carbocycles. The lowest BCUT2D eigenvalue weighted by molar-refractivity contribution is 0.332. The maximum Gasteiger partial charge on any atom is 0.0726 e. The molecule has 1 nitrogen and oxygen atoms in total. The van der Waals surface area contributed by atoms with Crippen molar-refractivity contribution in [2.45, 2.75) is 63.7 Å². The van der Waals surface area contributed by atoms with E-state index in [0.717, 1.165) is 24.2 Å². The molecule has 9 aromatic rings. The first kappa shape index (κ1) is 39.4. The fraction of sp³-hybridized carbons (Fsp3) is 0.156. The Labute approximate surface area is 384 Å². The Morgan fingerprint density at radius 1 is 0.354 bits per heavy atom. The first-order valence-corrected chi connectivity index (χ1v) is 23.4. The van der Waals surface area contributed by atoms with Crippen molar-refractivity contribution in [1.82, 2.24) is 0 Å². The highest BCUT2D eigenvalue weighted by atomic mass is 15.1. The van der Waals surface area contributed by atoms with Gasteiger partial charge in [0, 0.05) is 16.8 Å². The molecule has 0 atom stereocenters. The average molecular weight is 836 g/mol. The van der Waals surface area contributed by atoms with Crippen LogP contribution in [0.25, 0.3) is 55.6 Å². The standard InChI is InChI=1S/C64H53N/c1-42-32-37-56-61(63(4,5)39-38-62(56,2)3)60(42)52-40-51-50-27-14-18-30-55(50)64(53-28-16-12-25-48(53)49-26-13-17-29-54(49)64)57(51)41-59(52)65(46-35-33-44(34-36-46)43-20-8-6-9-21-43)58-31-19-15-24-47(58)45-22-10-7-11-23-45/h6-37,40-41H,38-39H2,1-5H3. The van der Waals surface area contributed by atoms with Gasteiger partial charge in [-0.1, -0.05) is 204 Å². The molecule has 1 heteroatoms. The summed E-state index contributed by atoms with van der Waals surface area (Å²) in [6.45, 7) is 12.2. The third-order valence-electron chi connectivity index (χ3n) is 15.3. The molecule has 0 N–H and O–H groups in total. The van der Waals surface area contributed by atoms with Crippen LogP contribution in [-0.4, -0.2) is 0 Å². The molecule has 0 aliphatic heterocycles. The topological polar surface area (TPSA) is 3.24 Å². The number of benzene rings is 9. The van der Waals surface area contributed by atoms with Crippen LogP contribution >= 0.6 is 0 Å². The van der Waals surface area contributed by atoms with Crippen molar-refractivity contribution in [3.8, 4) is 55.6 Å². The first-order valence-electron chi connectivity index (χ1n) is 23.4. The number of anilines is 3. The molecule has 0 fully saturated rings. The number of para-hydroxylation sites is 1. The fourth-order valence-corrected chi connectivity index (χ4v) is 12.1. The van der Waals surface area contributed by atoms with Gasteiger partial charge in [-0.05, 0) is 144 Å². The quantitative estimate of drug-likeness (QED) is 0.161. The summed E-state index contributed by atoms with van der Waals surface area (Å²) in [5, 5.41) is 0. The third-order valence-corrected chi connectivity index (χ3v) is 15.3. The van der Waals surface area contributed by atoms with Crippen LogP contribution in [0.1, 0.15) is 79.5 Å². The number of rotatable bonds is 6. The maximum absolute atomic E-state index is 2.62. The minimum Gasteiger partial charge on any atom is -0.309 e. The molecule has 0 saturated carbocycles. The Morgan fingerprint density at radius 2 is 0.846 bits per heavy atom. The Bertz CT molecular complexity index is 3270. The van der Waals surface area contributed by atoms with Gasteiger partial charge >= 0.3 is 0 Å². The molecule has 0 amide bonds. The van der Waals surface area contributed by atoms with E-state index in [1.165, 1.54) is 100 Å². The predicted molar refractivity (Wildman–Crippen MR) is 274 cm³/mol. The summed E-state index contributed by atoms with van der Waals surface area (Å²) in [5.41, 5.74) is 25.3. The number of nitrogens with zero attached hydrogens (tertiary/aromatic N) is 1. The zero-order valence-corrected chi connectivity index (χ0v) is 38.0. The second-order valence-electron chi connectivity index (χ2n) is 19.9. The summed E-state index contributed by atoms with van der Waals surface area (Å²) in [5.74, 6) is 0. The Hall–Kier alpha value is -7.22. The molecule has 0 aromatic heterocycles. The van der Waals surface area contributed by atoms with Crippen molar-refractivity contribution in [3.63, 3.8) is 0 Å². The van der Waals surface area contributed by atoms with Gasteiger partial charge in [0.05, 0.1) is 16.8 Å². The highest BCUT2D eigenvalue weighted by molar-refractivity contribution is 6.02. The second-order valence-corrected chi connectivity index (χ2v) is 19.9. The summed E-state index contributed by atoms with van der Waals surface area (Å²) in [6, 6.07) is 77.7. The van der Waals surface area contributed by atoms with Crippen LogP contribution in [0.5, 0.6) is 0 Å². The molecule has 0 heterocycles. The summed E-state index contributed by atoms with van der Waals surface area (Å²) < 4.78 is 0. The van der Waals surface area contributed by atoms with Crippen molar-refractivity contribution in [2.24, 2.45) is 0 Å². The number of hydrogen-bond acceptors (Lipinski definition) is 1. The van der Waals surface area contributed by atoms with Crippen LogP contribution in [-0.2, 0) is 16.2 Å². The Morgan fingerprint density at radius 3 is 1.46 bits per heavy atom. The lowest BCUT2D eigenvalue weighted by Crippen LogP contribution is -2.34. The van der Waals surface area contributed by atoms with E-state index in [0.29, 0.717) is 0 Å². The molecule has 1 spiro atoms. The van der Waals surface area contributed by atoms with E-state index in [1.54, 1.807) is 0 Å². The molecule has 0 radical (unpaired) electrons. The smallest absolute Gasteiger partial charge is 0.0726 e. The second kappa shape index (κ2) is 14.7. The highest BCUT2D eigenvalue weighted by Gasteiger charge is 2.52. The SMILES string of the molecule is Cc1ccc2c(c1-c1cc3c(cc1N(c1ccc(-c4ccccc4)cc1)c1ccccc1-c1ccccc1)C1(c4ccccc4-c4ccccc41)c1ccccc1-3)C(C)(C)CCC2(C)C. The van der Waals surface area contributed by atoms with E-state index in [2.05, 4.69) is 246 Å². The van der Waals surface area contributed by atoms with E-state index in [-0.39, 0.29) is 10.8 Å². The van der Waals surface area contributed by atoms with Crippen molar-refractivity contribution in [1.29, 1.82) is 0 Å². The van der Waals surface area contributed by atoms with Crippen LogP contribution < -0.4 is 4.90 Å². The van der Waals surface area contributed by atoms with Gasteiger partial charge in [-0.25, -0.2) is 0 Å². The van der Waals surface area contributed by atoms with E-state index in [1.807, 2.05) is 0 Å². The van der Waals surface area contributed by atoms with Crippen LogP contribution in [0.3, 0.4) is 0 Å². The van der Waals surface area contributed by atoms with Gasteiger partial charge in [-0.15, -0.1) is 0 Å². The van der Waals surface area contributed by atoms with Crippen LogP contribution in [0.2, 0.25) is 0 Å². The molecule has 9 aromatic carbocycles. The van der Waals surface area contributed by atoms with Gasteiger partial charge in [0.2, 0.25) is 0 Å². The lowest BCUT2D eigenvalue weighted by Gasteiger charge is -2.44. The number of hydrogen-bond donors (Lipinski definition) is 0. The average Bonchev–Trinajstić information content (AvgIpc) is 3.80. The molecule has 65 heavy (non-hydrogen) atoms. The lowest BCUT2D eigenvalue weighted by atomic mass is 9.61. The minimum absolute atomic E-state index is 0.0327. The van der Waals surface area contributed by atoms with E-state index >= 15 is 0 Å². The summed E-state index contributed by atoms with van der Waals surface area (Å²) in [7, 11) is 0. The van der Waals surface area contributed by atoms with E-state index < -0.39 is 5.41 Å². The van der Waals surface area contributed by atoms with Crippen LogP contribution in [0.4, 0.5) is 17.1 Å². The van der Waals surface area contributed by atoms with Crippen molar-refractivity contribution in [2.75, 3.05) is 4.90 Å². The molecule has 0 saturated heterocycles. The van der Waals surface area contributed by atoms with Gasteiger partial charge in [0.15, 0.2) is 0 Å². The van der Waals surface area contributed by atoms with Gasteiger partial charge < -0.3 is 4.90 Å². The van der Waals surface area contributed by atoms with Gasteiger partial charge in [0.1, 0.15) is 0 Å². The molecule has 3 aliphatic rings. The first-order chi connectivity index (χ1) is 31.7. The maximum atomic E-state index is 2.62. The Balaban J connectivity index is 1.24. The highest BCUT2D eigenvalue weighted by Crippen LogP contribution is 2.65.